The molecule has 0 atom stereocenters. The Kier molecular flexibility index (Phi) is 7.42. The minimum absolute atomic E-state index is 0.235. The van der Waals surface area contributed by atoms with E-state index in [2.05, 4.69) is 79.7 Å². The van der Waals surface area contributed by atoms with Crippen LogP contribution in [0.25, 0.3) is 0 Å². The van der Waals surface area contributed by atoms with Crippen LogP contribution >= 0.6 is 0 Å². The van der Waals surface area contributed by atoms with Crippen molar-refractivity contribution >= 4 is 25.4 Å². The maximum Gasteiger partial charge on any atom is 0.549 e. The van der Waals surface area contributed by atoms with Crippen LogP contribution in [0.1, 0.15) is 101 Å². The predicted molar refractivity (Wildman–Crippen MR) is 137 cm³/mol. The topological polar surface area (TPSA) is 6.48 Å². The number of hydrogen-bond acceptors (Lipinski definition) is 2. The fourth-order valence-electron chi connectivity index (χ4n) is 4.73. The van der Waals surface area contributed by atoms with Gasteiger partial charge in [-0.3, -0.25) is 8.63 Å². The van der Waals surface area contributed by atoms with Crippen molar-refractivity contribution < 1.29 is 8.63 Å². The molecule has 0 saturated heterocycles. The zero-order valence-electron chi connectivity index (χ0n) is 20.7. The van der Waals surface area contributed by atoms with E-state index >= 15 is 0 Å². The molecule has 2 aromatic rings. The van der Waals surface area contributed by atoms with Gasteiger partial charge in [0.25, 0.3) is 0 Å². The molecule has 0 aromatic heterocycles. The van der Waals surface area contributed by atoms with Crippen molar-refractivity contribution in [3.8, 4) is 0 Å². The average Bonchev–Trinajstić information content (AvgIpc) is 3.17. The summed E-state index contributed by atoms with van der Waals surface area (Å²) in [7, 11) is -2.54. The normalized spacial score (nSPS) is 14.1. The Morgan fingerprint density at radius 1 is 0.594 bits per heavy atom. The van der Waals surface area contributed by atoms with Crippen molar-refractivity contribution in [2.24, 2.45) is 0 Å². The number of nitrogens with zero attached hydrogens (tertiary/aromatic N) is 2. The van der Waals surface area contributed by atoms with E-state index in [1.54, 1.807) is 0 Å². The monoisotopic (exact) mass is 436 g/mol. The number of benzene rings is 2. The van der Waals surface area contributed by atoms with E-state index in [9.17, 15) is 8.63 Å². The summed E-state index contributed by atoms with van der Waals surface area (Å²) in [6.07, 6.45) is 3.70. The Hall–Kier alpha value is -2.23. The molecule has 0 unspecified atom stereocenters. The lowest BCUT2D eigenvalue weighted by atomic mass is 9.43. The number of anilines is 2. The highest BCUT2D eigenvalue weighted by atomic mass is 19.2. The molecule has 0 spiro atoms. The molecule has 1 heterocycles. The minimum Gasteiger partial charge on any atom is -0.371 e. The molecule has 170 valence electrons. The molecule has 1 aliphatic heterocycles. The van der Waals surface area contributed by atoms with E-state index in [0.29, 0.717) is 0 Å². The average molecular weight is 436 g/mol. The molecule has 2 nitrogen and oxygen atoms in total. The number of hydrogen-bond donors (Lipinski definition) is 0. The van der Waals surface area contributed by atoms with Crippen molar-refractivity contribution in [2.75, 3.05) is 9.62 Å². The summed E-state index contributed by atoms with van der Waals surface area (Å²) in [5, 5.41) is 0. The number of rotatable bonds is 7. The molecule has 2 aromatic carbocycles. The smallest absolute Gasteiger partial charge is 0.371 e. The van der Waals surface area contributed by atoms with Crippen LogP contribution in [0.5, 0.6) is 0 Å². The second-order valence-corrected chi connectivity index (χ2v) is 10.0. The van der Waals surface area contributed by atoms with Gasteiger partial charge in [0, 0.05) is 23.8 Å². The molecule has 32 heavy (non-hydrogen) atoms. The van der Waals surface area contributed by atoms with Crippen LogP contribution < -0.4 is 9.62 Å². The zero-order chi connectivity index (χ0) is 23.7. The van der Waals surface area contributed by atoms with Gasteiger partial charge in [-0.2, -0.15) is 0 Å². The fraction of sp³-hybridized carbons (Fsp3) is 0.462. The van der Waals surface area contributed by atoms with Crippen LogP contribution in [0.2, 0.25) is 0 Å². The molecule has 0 aliphatic carbocycles. The first-order valence-electron chi connectivity index (χ1n) is 11.8. The Bertz CT molecular complexity index is 844. The first-order chi connectivity index (χ1) is 15.1. The maximum atomic E-state index is 14.8. The van der Waals surface area contributed by atoms with Crippen LogP contribution in [-0.2, 0) is 0 Å². The molecule has 0 fully saturated rings. The van der Waals surface area contributed by atoms with E-state index < -0.39 is 14.0 Å². The molecular formula is C26H36B2F2N2. The van der Waals surface area contributed by atoms with Crippen molar-refractivity contribution in [1.82, 2.24) is 0 Å². The molecule has 6 heteroatoms. The molecule has 0 radical (unpaired) electrons. The Morgan fingerprint density at radius 3 is 1.09 bits per heavy atom. The third-order valence-electron chi connectivity index (χ3n) is 6.38. The second kappa shape index (κ2) is 9.72. The quantitative estimate of drug-likeness (QED) is 0.406. The van der Waals surface area contributed by atoms with Gasteiger partial charge in [0.05, 0.1) is 0 Å². The van der Waals surface area contributed by atoms with Gasteiger partial charge in [0.2, 0.25) is 0 Å². The Morgan fingerprint density at radius 2 is 0.875 bits per heavy atom. The molecule has 0 N–H and O–H groups in total. The largest absolute Gasteiger partial charge is 0.549 e. The molecule has 1 aliphatic rings. The molecular weight excluding hydrogens is 400 g/mol. The van der Waals surface area contributed by atoms with Gasteiger partial charge in [-0.25, -0.2) is 0 Å². The van der Waals surface area contributed by atoms with E-state index in [1.807, 2.05) is 34.2 Å². The molecule has 0 amide bonds. The number of para-hydroxylation sites is 2. The highest BCUT2D eigenvalue weighted by Crippen LogP contribution is 2.42. The van der Waals surface area contributed by atoms with Crippen LogP contribution in [-0.4, -0.2) is 14.0 Å². The summed E-state index contributed by atoms with van der Waals surface area (Å²) in [5.74, 6) is 0.939. The predicted octanol–water partition coefficient (Wildman–Crippen LogP) is 7.97. The number of halogens is 2. The fourth-order valence-corrected chi connectivity index (χ4v) is 4.73. The maximum absolute atomic E-state index is 14.8. The van der Waals surface area contributed by atoms with Crippen LogP contribution in [0.15, 0.2) is 48.8 Å². The van der Waals surface area contributed by atoms with Gasteiger partial charge < -0.3 is 9.62 Å². The van der Waals surface area contributed by atoms with Gasteiger partial charge >= 0.3 is 14.0 Å². The summed E-state index contributed by atoms with van der Waals surface area (Å²) >= 11 is 0. The summed E-state index contributed by atoms with van der Waals surface area (Å²) in [6, 6.07) is 12.4. The minimum atomic E-state index is -2.54. The Balaban J connectivity index is 2.22. The standard InChI is InChI=1S/C26H36B2F2N2/c1-17(2)21-11-9-12-22(18(3)4)25(21)31-15-16-32(28(31)27(29)30)26-23(19(5)6)13-10-14-24(26)20(7)8/h9-20H,1-8H3. The zero-order valence-corrected chi connectivity index (χ0v) is 20.7. The van der Waals surface area contributed by atoms with Crippen LogP contribution in [0.3, 0.4) is 0 Å². The second-order valence-electron chi connectivity index (χ2n) is 10.0. The lowest BCUT2D eigenvalue weighted by Crippen LogP contribution is -2.53. The van der Waals surface area contributed by atoms with Crippen LogP contribution in [0, 0.1) is 0 Å². The van der Waals surface area contributed by atoms with Gasteiger partial charge in [0.15, 0.2) is 0 Å². The van der Waals surface area contributed by atoms with Gasteiger partial charge in [0.1, 0.15) is 0 Å². The lowest BCUT2D eigenvalue weighted by Gasteiger charge is -2.35. The summed E-state index contributed by atoms with van der Waals surface area (Å²) in [4.78, 5) is 3.63. The summed E-state index contributed by atoms with van der Waals surface area (Å²) in [5.41, 5.74) is 6.28. The highest BCUT2D eigenvalue weighted by molar-refractivity contribution is 7.20. The summed E-state index contributed by atoms with van der Waals surface area (Å²) < 4.78 is 29.6. The molecule has 0 bridgehead atoms. The summed E-state index contributed by atoms with van der Waals surface area (Å²) in [6.45, 7) is 15.9. The van der Waals surface area contributed by atoms with Crippen molar-refractivity contribution in [3.63, 3.8) is 0 Å². The first kappa shape index (κ1) is 24.4. The third kappa shape index (κ3) is 4.46. The van der Waals surface area contributed by atoms with Crippen LogP contribution in [0.4, 0.5) is 20.0 Å². The SMILES string of the molecule is CC(C)c1cccc(C(C)C)c1N1C=CN(c2c(C(C)C)cccc2C(C)C)B1B(F)F. The van der Waals surface area contributed by atoms with Gasteiger partial charge in [-0.1, -0.05) is 91.8 Å². The molecule has 3 rings (SSSR count). The van der Waals surface area contributed by atoms with Crippen molar-refractivity contribution in [1.29, 1.82) is 0 Å². The van der Waals surface area contributed by atoms with Crippen molar-refractivity contribution in [2.45, 2.75) is 79.1 Å². The van der Waals surface area contributed by atoms with Gasteiger partial charge in [-0.15, -0.1) is 0 Å². The van der Waals surface area contributed by atoms with E-state index in [-0.39, 0.29) is 23.7 Å². The van der Waals surface area contributed by atoms with Gasteiger partial charge in [-0.05, 0) is 45.9 Å². The first-order valence-corrected chi connectivity index (χ1v) is 11.8. The molecule has 0 saturated carbocycles. The van der Waals surface area contributed by atoms with E-state index in [0.717, 1.165) is 33.6 Å². The highest BCUT2D eigenvalue weighted by Gasteiger charge is 2.49. The van der Waals surface area contributed by atoms with E-state index in [1.165, 1.54) is 0 Å². The third-order valence-corrected chi connectivity index (χ3v) is 6.38. The van der Waals surface area contributed by atoms with E-state index in [4.69, 9.17) is 0 Å². The Labute approximate surface area is 194 Å². The van der Waals surface area contributed by atoms with Crippen molar-refractivity contribution in [3.05, 3.63) is 71.1 Å². The lowest BCUT2D eigenvalue weighted by molar-refractivity contribution is 0.691.